The Hall–Kier alpha value is -0.710. The predicted octanol–water partition coefficient (Wildman–Crippen LogP) is -1.62. The topological polar surface area (TPSA) is 114 Å². The molecule has 5 unspecified atom stereocenters. The van der Waals surface area contributed by atoms with Crippen molar-refractivity contribution in [2.75, 3.05) is 6.61 Å². The third-order valence-electron chi connectivity index (χ3n) is 2.89. The maximum atomic E-state index is 9.72. The number of nitriles is 1. The molecular weight excluding hydrogens is 214 g/mol. The molecular formula is C10H17NO5. The van der Waals surface area contributed by atoms with Crippen LogP contribution in [0, 0.1) is 16.7 Å². The first-order valence-corrected chi connectivity index (χ1v) is 5.07. The van der Waals surface area contributed by atoms with E-state index in [0.29, 0.717) is 0 Å². The van der Waals surface area contributed by atoms with E-state index in [4.69, 9.17) is 15.1 Å². The van der Waals surface area contributed by atoms with E-state index in [1.165, 1.54) is 0 Å². The molecule has 0 aliphatic carbocycles. The molecule has 0 radical (unpaired) electrons. The van der Waals surface area contributed by atoms with Gasteiger partial charge in [-0.15, -0.1) is 0 Å². The van der Waals surface area contributed by atoms with Gasteiger partial charge in [0, 0.05) is 0 Å². The lowest BCUT2D eigenvalue weighted by Crippen LogP contribution is -2.61. The maximum Gasteiger partial charge on any atom is 0.111 e. The Kier molecular flexibility index (Phi) is 3.88. The highest BCUT2D eigenvalue weighted by Gasteiger charge is 2.49. The number of ether oxygens (including phenoxy) is 1. The van der Waals surface area contributed by atoms with Gasteiger partial charge < -0.3 is 25.2 Å². The molecule has 16 heavy (non-hydrogen) atoms. The summed E-state index contributed by atoms with van der Waals surface area (Å²) in [5.74, 6) is 0. The number of aliphatic hydroxyl groups excluding tert-OH is 4. The van der Waals surface area contributed by atoms with Crippen LogP contribution in [0.2, 0.25) is 0 Å². The fourth-order valence-electron chi connectivity index (χ4n) is 1.76. The summed E-state index contributed by atoms with van der Waals surface area (Å²) in [6, 6.07) is 1.96. The van der Waals surface area contributed by atoms with Crippen molar-refractivity contribution in [3.63, 3.8) is 0 Å². The lowest BCUT2D eigenvalue weighted by molar-refractivity contribution is -0.246. The van der Waals surface area contributed by atoms with Gasteiger partial charge >= 0.3 is 0 Å². The summed E-state index contributed by atoms with van der Waals surface area (Å²) in [7, 11) is 0. The lowest BCUT2D eigenvalue weighted by Gasteiger charge is -2.44. The summed E-state index contributed by atoms with van der Waals surface area (Å²) in [5.41, 5.74) is -1.02. The van der Waals surface area contributed by atoms with Gasteiger partial charge in [0.25, 0.3) is 0 Å². The SMILES string of the molecule is CC(C)(C#N)C1OC(CO)C(O)C(O)C1O. The third-order valence-corrected chi connectivity index (χ3v) is 2.89. The Balaban J connectivity index is 2.92. The summed E-state index contributed by atoms with van der Waals surface area (Å²) in [4.78, 5) is 0. The van der Waals surface area contributed by atoms with Crippen LogP contribution >= 0.6 is 0 Å². The molecule has 1 rings (SSSR count). The molecule has 0 spiro atoms. The minimum Gasteiger partial charge on any atom is -0.394 e. The molecule has 6 heteroatoms. The molecule has 0 aromatic heterocycles. The second-order valence-corrected chi connectivity index (χ2v) is 4.58. The summed E-state index contributed by atoms with van der Waals surface area (Å²) in [6.07, 6.45) is -6.08. The van der Waals surface area contributed by atoms with Crippen molar-refractivity contribution >= 4 is 0 Å². The van der Waals surface area contributed by atoms with Crippen LogP contribution in [0.4, 0.5) is 0 Å². The quantitative estimate of drug-likeness (QED) is 0.454. The van der Waals surface area contributed by atoms with Crippen LogP contribution in [0.1, 0.15) is 13.8 Å². The van der Waals surface area contributed by atoms with Crippen molar-refractivity contribution in [2.24, 2.45) is 5.41 Å². The molecule has 1 heterocycles. The van der Waals surface area contributed by atoms with Crippen molar-refractivity contribution in [1.29, 1.82) is 5.26 Å². The van der Waals surface area contributed by atoms with E-state index in [0.717, 1.165) is 0 Å². The summed E-state index contributed by atoms with van der Waals surface area (Å²) >= 11 is 0. The Morgan fingerprint density at radius 2 is 1.75 bits per heavy atom. The van der Waals surface area contributed by atoms with Gasteiger partial charge in [-0.25, -0.2) is 0 Å². The van der Waals surface area contributed by atoms with Crippen LogP contribution in [0.25, 0.3) is 0 Å². The highest BCUT2D eigenvalue weighted by atomic mass is 16.5. The molecule has 1 fully saturated rings. The number of hydrogen-bond donors (Lipinski definition) is 4. The first-order chi connectivity index (χ1) is 7.35. The number of hydrogen-bond acceptors (Lipinski definition) is 6. The molecule has 5 atom stereocenters. The zero-order valence-corrected chi connectivity index (χ0v) is 9.24. The zero-order chi connectivity index (χ0) is 12.5. The molecule has 92 valence electrons. The van der Waals surface area contributed by atoms with E-state index in [1.807, 2.05) is 6.07 Å². The largest absolute Gasteiger partial charge is 0.394 e. The van der Waals surface area contributed by atoms with E-state index in [2.05, 4.69) is 0 Å². The Labute approximate surface area is 93.7 Å². The fraction of sp³-hybridized carbons (Fsp3) is 0.900. The number of rotatable bonds is 2. The van der Waals surface area contributed by atoms with Gasteiger partial charge in [-0.3, -0.25) is 0 Å². The monoisotopic (exact) mass is 231 g/mol. The van der Waals surface area contributed by atoms with Crippen LogP contribution in [-0.2, 0) is 4.74 Å². The normalized spacial score (nSPS) is 40.4. The first kappa shape index (κ1) is 13.4. The first-order valence-electron chi connectivity index (χ1n) is 5.07. The summed E-state index contributed by atoms with van der Waals surface area (Å²) in [5, 5.41) is 46.7. The molecule has 4 N–H and O–H groups in total. The predicted molar refractivity (Wildman–Crippen MR) is 53.2 cm³/mol. The molecule has 0 amide bonds. The van der Waals surface area contributed by atoms with Crippen molar-refractivity contribution in [3.05, 3.63) is 0 Å². The van der Waals surface area contributed by atoms with E-state index in [-0.39, 0.29) is 0 Å². The molecule has 0 aromatic carbocycles. The zero-order valence-electron chi connectivity index (χ0n) is 9.24. The van der Waals surface area contributed by atoms with E-state index in [9.17, 15) is 15.3 Å². The van der Waals surface area contributed by atoms with Crippen LogP contribution in [0.5, 0.6) is 0 Å². The second-order valence-electron chi connectivity index (χ2n) is 4.58. The molecule has 6 nitrogen and oxygen atoms in total. The van der Waals surface area contributed by atoms with Gasteiger partial charge in [-0.05, 0) is 13.8 Å². The van der Waals surface area contributed by atoms with Crippen molar-refractivity contribution in [2.45, 2.75) is 44.4 Å². The standard InChI is InChI=1S/C10H17NO5/c1-10(2,4-11)9-8(15)7(14)6(13)5(3-12)16-9/h5-9,12-15H,3H2,1-2H3. The highest BCUT2D eigenvalue weighted by Crippen LogP contribution is 2.32. The Bertz CT molecular complexity index is 285. The van der Waals surface area contributed by atoms with Crippen LogP contribution < -0.4 is 0 Å². The highest BCUT2D eigenvalue weighted by molar-refractivity contribution is 5.05. The van der Waals surface area contributed by atoms with E-state index in [1.54, 1.807) is 13.8 Å². The summed E-state index contributed by atoms with van der Waals surface area (Å²) < 4.78 is 5.25. The molecule has 1 aliphatic rings. The maximum absolute atomic E-state index is 9.72. The van der Waals surface area contributed by atoms with Crippen LogP contribution in [0.15, 0.2) is 0 Å². The van der Waals surface area contributed by atoms with Crippen molar-refractivity contribution in [3.8, 4) is 6.07 Å². The van der Waals surface area contributed by atoms with Gasteiger partial charge in [0.05, 0.1) is 18.1 Å². The second kappa shape index (κ2) is 4.65. The van der Waals surface area contributed by atoms with Gasteiger partial charge in [0.2, 0.25) is 0 Å². The van der Waals surface area contributed by atoms with Gasteiger partial charge in [-0.1, -0.05) is 0 Å². The molecule has 0 saturated carbocycles. The minimum absolute atomic E-state index is 0.483. The molecule has 1 aliphatic heterocycles. The third kappa shape index (κ3) is 2.19. The minimum atomic E-state index is -1.43. The van der Waals surface area contributed by atoms with Crippen molar-refractivity contribution < 1.29 is 25.2 Å². The van der Waals surface area contributed by atoms with Gasteiger partial charge in [0.15, 0.2) is 0 Å². The lowest BCUT2D eigenvalue weighted by atomic mass is 9.80. The van der Waals surface area contributed by atoms with Crippen LogP contribution in [0.3, 0.4) is 0 Å². The Morgan fingerprint density at radius 1 is 1.19 bits per heavy atom. The smallest absolute Gasteiger partial charge is 0.111 e. The summed E-state index contributed by atoms with van der Waals surface area (Å²) in [6.45, 7) is 2.63. The number of nitrogens with zero attached hydrogens (tertiary/aromatic N) is 1. The van der Waals surface area contributed by atoms with E-state index < -0.39 is 42.5 Å². The molecule has 0 bridgehead atoms. The Morgan fingerprint density at radius 3 is 2.19 bits per heavy atom. The van der Waals surface area contributed by atoms with Gasteiger partial charge in [0.1, 0.15) is 30.5 Å². The fourth-order valence-corrected chi connectivity index (χ4v) is 1.76. The number of aliphatic hydroxyl groups is 4. The molecule has 1 saturated heterocycles. The van der Waals surface area contributed by atoms with Crippen LogP contribution in [-0.4, -0.2) is 57.6 Å². The average Bonchev–Trinajstić information content (AvgIpc) is 2.26. The van der Waals surface area contributed by atoms with Gasteiger partial charge in [-0.2, -0.15) is 5.26 Å². The average molecular weight is 231 g/mol. The molecule has 0 aromatic rings. The van der Waals surface area contributed by atoms with E-state index >= 15 is 0 Å². The van der Waals surface area contributed by atoms with Crippen molar-refractivity contribution in [1.82, 2.24) is 0 Å².